The predicted molar refractivity (Wildman–Crippen MR) is 73.8 cm³/mol. The van der Waals surface area contributed by atoms with E-state index >= 15 is 0 Å². The second kappa shape index (κ2) is 6.47. The molecule has 21 heavy (non-hydrogen) atoms. The topological polar surface area (TPSA) is 89.3 Å². The maximum Gasteiger partial charge on any atom is 0.252 e. The number of hydrogen-bond acceptors (Lipinski definition) is 3. The fourth-order valence-corrected chi connectivity index (χ4v) is 2.62. The van der Waals surface area contributed by atoms with Crippen LogP contribution in [0.4, 0.5) is 4.39 Å². The highest BCUT2D eigenvalue weighted by Crippen LogP contribution is 2.24. The summed E-state index contributed by atoms with van der Waals surface area (Å²) in [6.07, 6.45) is 2.07. The van der Waals surface area contributed by atoms with Gasteiger partial charge in [-0.2, -0.15) is 0 Å². The van der Waals surface area contributed by atoms with E-state index in [1.807, 2.05) is 0 Å². The van der Waals surface area contributed by atoms with Crippen molar-refractivity contribution >= 4 is 17.6 Å². The first-order chi connectivity index (χ1) is 9.97. The Kier molecular flexibility index (Phi) is 4.67. The Morgan fingerprint density at radius 3 is 2.76 bits per heavy atom. The molecule has 0 aliphatic heterocycles. The van der Waals surface area contributed by atoms with Crippen molar-refractivity contribution in [1.29, 1.82) is 0 Å². The van der Waals surface area contributed by atoms with E-state index in [9.17, 15) is 18.8 Å². The van der Waals surface area contributed by atoms with Crippen LogP contribution in [0.15, 0.2) is 24.3 Å². The van der Waals surface area contributed by atoms with E-state index in [1.54, 1.807) is 0 Å². The summed E-state index contributed by atoms with van der Waals surface area (Å²) >= 11 is 0. The number of rotatable bonds is 4. The molecule has 112 valence electrons. The zero-order valence-electron chi connectivity index (χ0n) is 11.5. The lowest BCUT2D eigenvalue weighted by atomic mass is 9.82. The van der Waals surface area contributed by atoms with Crippen molar-refractivity contribution in [2.45, 2.75) is 31.7 Å². The molecule has 1 aliphatic carbocycles. The van der Waals surface area contributed by atoms with Gasteiger partial charge in [-0.3, -0.25) is 14.4 Å². The molecule has 1 aromatic carbocycles. The maximum absolute atomic E-state index is 13.1. The van der Waals surface area contributed by atoms with Crippen LogP contribution in [0.5, 0.6) is 0 Å². The molecule has 3 N–H and O–H groups in total. The molecule has 0 saturated heterocycles. The molecule has 2 rings (SSSR count). The maximum atomic E-state index is 13.1. The van der Waals surface area contributed by atoms with Crippen LogP contribution < -0.4 is 11.1 Å². The van der Waals surface area contributed by atoms with Gasteiger partial charge in [0, 0.05) is 18.4 Å². The summed E-state index contributed by atoms with van der Waals surface area (Å²) < 4.78 is 13.1. The Morgan fingerprint density at radius 2 is 2.14 bits per heavy atom. The standard InChI is InChI=1S/C15H17FN2O3/c16-11-5-1-4-10(7-11)15(21)18-13(14(17)20)9-3-2-6-12(19)8-9/h1,4-5,7,9,13H,2-3,6,8H2,(H2,17,20)(H,18,21)/t9-,13-/m0/s1. The first kappa shape index (κ1) is 15.2. The molecule has 0 heterocycles. The molecule has 1 aliphatic rings. The molecule has 0 aromatic heterocycles. The van der Waals surface area contributed by atoms with Crippen LogP contribution in [0, 0.1) is 11.7 Å². The number of benzene rings is 1. The van der Waals surface area contributed by atoms with Crippen LogP contribution in [-0.2, 0) is 9.59 Å². The van der Waals surface area contributed by atoms with Gasteiger partial charge in [-0.05, 0) is 37.0 Å². The third kappa shape index (κ3) is 3.87. The monoisotopic (exact) mass is 292 g/mol. The number of halogens is 1. The molecule has 0 bridgehead atoms. The van der Waals surface area contributed by atoms with Gasteiger partial charge in [-0.25, -0.2) is 4.39 Å². The van der Waals surface area contributed by atoms with Gasteiger partial charge in [0.25, 0.3) is 5.91 Å². The average molecular weight is 292 g/mol. The van der Waals surface area contributed by atoms with Crippen molar-refractivity contribution in [3.63, 3.8) is 0 Å². The number of nitrogens with one attached hydrogen (secondary N) is 1. The van der Waals surface area contributed by atoms with E-state index in [0.717, 1.165) is 6.07 Å². The summed E-state index contributed by atoms with van der Waals surface area (Å²) in [4.78, 5) is 35.1. The zero-order chi connectivity index (χ0) is 15.4. The summed E-state index contributed by atoms with van der Waals surface area (Å²) in [5.41, 5.74) is 5.44. The van der Waals surface area contributed by atoms with E-state index in [0.29, 0.717) is 19.3 Å². The summed E-state index contributed by atoms with van der Waals surface area (Å²) in [6, 6.07) is 4.25. The van der Waals surface area contributed by atoms with E-state index in [4.69, 9.17) is 5.73 Å². The minimum absolute atomic E-state index is 0.0671. The number of carbonyl (C=O) groups excluding carboxylic acids is 3. The van der Waals surface area contributed by atoms with Crippen LogP contribution in [0.1, 0.15) is 36.0 Å². The summed E-state index contributed by atoms with van der Waals surface area (Å²) in [6.45, 7) is 0. The molecular formula is C15H17FN2O3. The smallest absolute Gasteiger partial charge is 0.252 e. The quantitative estimate of drug-likeness (QED) is 0.873. The number of ketones is 1. The van der Waals surface area contributed by atoms with Crippen molar-refractivity contribution in [2.75, 3.05) is 0 Å². The summed E-state index contributed by atoms with van der Waals surface area (Å²) in [5, 5.41) is 2.52. The fourth-order valence-electron chi connectivity index (χ4n) is 2.62. The van der Waals surface area contributed by atoms with E-state index in [2.05, 4.69) is 5.32 Å². The molecular weight excluding hydrogens is 275 g/mol. The lowest BCUT2D eigenvalue weighted by Crippen LogP contribution is -2.50. The largest absolute Gasteiger partial charge is 0.368 e. The van der Waals surface area contributed by atoms with Gasteiger partial charge in [0.15, 0.2) is 0 Å². The van der Waals surface area contributed by atoms with Gasteiger partial charge in [0.2, 0.25) is 5.91 Å². The highest BCUT2D eigenvalue weighted by Gasteiger charge is 2.32. The molecule has 1 saturated carbocycles. The van der Waals surface area contributed by atoms with Gasteiger partial charge in [-0.1, -0.05) is 6.07 Å². The molecule has 1 fully saturated rings. The lowest BCUT2D eigenvalue weighted by molar-refractivity contribution is -0.124. The molecule has 2 amide bonds. The number of primary amides is 1. The first-order valence-corrected chi connectivity index (χ1v) is 6.85. The van der Waals surface area contributed by atoms with Crippen molar-refractivity contribution < 1.29 is 18.8 Å². The minimum Gasteiger partial charge on any atom is -0.368 e. The number of hydrogen-bond donors (Lipinski definition) is 2. The minimum atomic E-state index is -0.912. The first-order valence-electron chi connectivity index (χ1n) is 6.85. The Hall–Kier alpha value is -2.24. The number of carbonyl (C=O) groups is 3. The van der Waals surface area contributed by atoms with Crippen LogP contribution in [0.2, 0.25) is 0 Å². The van der Waals surface area contributed by atoms with Crippen molar-refractivity contribution in [3.8, 4) is 0 Å². The Bertz CT molecular complexity index is 574. The molecule has 1 aromatic rings. The highest BCUT2D eigenvalue weighted by atomic mass is 19.1. The third-order valence-corrected chi connectivity index (χ3v) is 3.67. The van der Waals surface area contributed by atoms with Gasteiger partial charge in [0.1, 0.15) is 17.6 Å². The predicted octanol–water partition coefficient (Wildman–Crippen LogP) is 1.17. The van der Waals surface area contributed by atoms with Crippen LogP contribution >= 0.6 is 0 Å². The molecule has 6 heteroatoms. The second-order valence-electron chi connectivity index (χ2n) is 5.26. The van der Waals surface area contributed by atoms with Gasteiger partial charge in [-0.15, -0.1) is 0 Å². The second-order valence-corrected chi connectivity index (χ2v) is 5.26. The number of nitrogens with two attached hydrogens (primary N) is 1. The zero-order valence-corrected chi connectivity index (χ0v) is 11.5. The Balaban J connectivity index is 2.11. The van der Waals surface area contributed by atoms with E-state index in [1.165, 1.54) is 18.2 Å². The number of amides is 2. The normalized spacial score (nSPS) is 19.9. The molecule has 0 spiro atoms. The third-order valence-electron chi connectivity index (χ3n) is 3.67. The van der Waals surface area contributed by atoms with Crippen LogP contribution in [-0.4, -0.2) is 23.6 Å². The Labute approximate surface area is 121 Å². The molecule has 5 nitrogen and oxygen atoms in total. The van der Waals surface area contributed by atoms with Crippen LogP contribution in [0.25, 0.3) is 0 Å². The van der Waals surface area contributed by atoms with E-state index < -0.39 is 23.7 Å². The molecule has 2 atom stereocenters. The molecule has 0 unspecified atom stereocenters. The van der Waals surface area contributed by atoms with E-state index in [-0.39, 0.29) is 23.7 Å². The van der Waals surface area contributed by atoms with Gasteiger partial charge >= 0.3 is 0 Å². The SMILES string of the molecule is NC(=O)[C@@H](NC(=O)c1cccc(F)c1)[C@H]1CCCC(=O)C1. The fraction of sp³-hybridized carbons (Fsp3) is 0.400. The summed E-state index contributed by atoms with van der Waals surface area (Å²) in [5.74, 6) is -2.01. The van der Waals surface area contributed by atoms with Crippen LogP contribution in [0.3, 0.4) is 0 Å². The van der Waals surface area contributed by atoms with Crippen molar-refractivity contribution in [3.05, 3.63) is 35.6 Å². The average Bonchev–Trinajstić information content (AvgIpc) is 2.44. The van der Waals surface area contributed by atoms with Gasteiger partial charge < -0.3 is 11.1 Å². The van der Waals surface area contributed by atoms with Gasteiger partial charge in [0.05, 0.1) is 0 Å². The lowest BCUT2D eigenvalue weighted by Gasteiger charge is -2.28. The van der Waals surface area contributed by atoms with Crippen molar-refractivity contribution in [1.82, 2.24) is 5.32 Å². The highest BCUT2D eigenvalue weighted by molar-refractivity contribution is 5.97. The molecule has 0 radical (unpaired) electrons. The Morgan fingerprint density at radius 1 is 1.38 bits per heavy atom. The van der Waals surface area contributed by atoms with Crippen molar-refractivity contribution in [2.24, 2.45) is 11.7 Å². The summed E-state index contributed by atoms with van der Waals surface area (Å²) in [7, 11) is 0. The number of Topliss-reactive ketones (excluding diaryl/α,β-unsaturated/α-hetero) is 1.